The van der Waals surface area contributed by atoms with Gasteiger partial charge in [0.05, 0.1) is 0 Å². The van der Waals surface area contributed by atoms with Crippen LogP contribution in [0.2, 0.25) is 0 Å². The van der Waals surface area contributed by atoms with Gasteiger partial charge in [-0.05, 0) is 35.4 Å². The first-order valence-electron chi connectivity index (χ1n) is 7.06. The average Bonchev–Trinajstić information content (AvgIpc) is 2.65. The van der Waals surface area contributed by atoms with Crippen molar-refractivity contribution in [2.45, 2.75) is 0 Å². The van der Waals surface area contributed by atoms with Crippen LogP contribution in [0, 0.1) is 0 Å². The number of rotatable bonds is 0. The summed E-state index contributed by atoms with van der Waals surface area (Å²) in [5.41, 5.74) is 4.53. The Morgan fingerprint density at radius 2 is 0.810 bits per heavy atom. The average molecular weight is 271 g/mol. The van der Waals surface area contributed by atoms with Crippen molar-refractivity contribution in [1.82, 2.24) is 0 Å². The molecule has 21 heavy (non-hydrogen) atoms. The lowest BCUT2D eigenvalue weighted by Crippen LogP contribution is -1.85. The zero-order valence-corrected chi connectivity index (χ0v) is 11.7. The molecule has 1 N–H and O–H groups in total. The molecule has 4 bridgehead atoms. The van der Waals surface area contributed by atoms with Gasteiger partial charge in [-0.1, -0.05) is 72.8 Å². The van der Waals surface area contributed by atoms with Crippen LogP contribution in [0.25, 0.3) is 11.1 Å². The van der Waals surface area contributed by atoms with E-state index in [9.17, 15) is 0 Å². The molecule has 1 aliphatic heterocycles. The van der Waals surface area contributed by atoms with Gasteiger partial charge in [0.15, 0.2) is 0 Å². The summed E-state index contributed by atoms with van der Waals surface area (Å²) in [4.78, 5) is 0. The third-order valence-corrected chi connectivity index (χ3v) is 3.24. The predicted molar refractivity (Wildman–Crippen MR) is 90.4 cm³/mol. The molecule has 0 radical (unpaired) electrons. The third-order valence-electron chi connectivity index (χ3n) is 3.24. The Balaban J connectivity index is 2.33. The second-order valence-electron chi connectivity index (χ2n) is 4.83. The molecule has 0 atom stereocenters. The van der Waals surface area contributed by atoms with Crippen LogP contribution in [0.5, 0.6) is 0 Å². The van der Waals surface area contributed by atoms with Crippen LogP contribution in [-0.4, -0.2) is 0 Å². The van der Waals surface area contributed by atoms with Gasteiger partial charge in [0.2, 0.25) is 0 Å². The van der Waals surface area contributed by atoms with Crippen molar-refractivity contribution in [3.05, 3.63) is 97.1 Å². The molecule has 0 saturated carbocycles. The van der Waals surface area contributed by atoms with Gasteiger partial charge in [-0.25, -0.2) is 0 Å². The Morgan fingerprint density at radius 3 is 1.29 bits per heavy atom. The zero-order chi connectivity index (χ0) is 14.3. The second kappa shape index (κ2) is 6.58. The van der Waals surface area contributed by atoms with E-state index in [1.54, 1.807) is 0 Å². The molecule has 0 saturated heterocycles. The second-order valence-corrected chi connectivity index (χ2v) is 4.83. The van der Waals surface area contributed by atoms with Crippen molar-refractivity contribution in [2.24, 2.45) is 0 Å². The maximum absolute atomic E-state index is 3.46. The molecule has 1 nitrogen and oxygen atoms in total. The molecule has 0 amide bonds. The smallest absolute Gasteiger partial charge is 0.0390 e. The summed E-state index contributed by atoms with van der Waals surface area (Å²) in [6.07, 6.45) is 0. The summed E-state index contributed by atoms with van der Waals surface area (Å²) in [6.45, 7) is 0. The minimum atomic E-state index is 1.08. The minimum Gasteiger partial charge on any atom is -0.355 e. The maximum Gasteiger partial charge on any atom is 0.0390 e. The van der Waals surface area contributed by atoms with E-state index in [0.29, 0.717) is 0 Å². The summed E-state index contributed by atoms with van der Waals surface area (Å²) in [6, 6.07) is 33.2. The van der Waals surface area contributed by atoms with Gasteiger partial charge in [-0.2, -0.15) is 0 Å². The van der Waals surface area contributed by atoms with E-state index in [1.165, 1.54) is 11.1 Å². The van der Waals surface area contributed by atoms with Gasteiger partial charge in [-0.3, -0.25) is 0 Å². The van der Waals surface area contributed by atoms with Crippen molar-refractivity contribution in [2.75, 3.05) is 5.32 Å². The summed E-state index contributed by atoms with van der Waals surface area (Å²) in [7, 11) is 0. The van der Waals surface area contributed by atoms with Crippen molar-refractivity contribution in [3.63, 3.8) is 0 Å². The first kappa shape index (κ1) is 13.2. The fraction of sp³-hybridized carbons (Fsp3) is 0. The van der Waals surface area contributed by atoms with E-state index in [1.807, 2.05) is 48.5 Å². The molecule has 0 fully saturated rings. The van der Waals surface area contributed by atoms with E-state index in [2.05, 4.69) is 53.8 Å². The van der Waals surface area contributed by atoms with Crippen molar-refractivity contribution in [3.8, 4) is 11.1 Å². The molecule has 1 heterocycles. The van der Waals surface area contributed by atoms with Gasteiger partial charge in [0, 0.05) is 11.4 Å². The van der Waals surface area contributed by atoms with Crippen molar-refractivity contribution >= 4 is 11.4 Å². The lowest BCUT2D eigenvalue weighted by atomic mass is 10.1. The molecule has 0 aromatic heterocycles. The summed E-state index contributed by atoms with van der Waals surface area (Å²) < 4.78 is 0. The van der Waals surface area contributed by atoms with E-state index in [0.717, 1.165) is 11.4 Å². The van der Waals surface area contributed by atoms with E-state index in [-0.39, 0.29) is 0 Å². The minimum absolute atomic E-state index is 1.08. The topological polar surface area (TPSA) is 12.0 Å². The van der Waals surface area contributed by atoms with Gasteiger partial charge in [0.1, 0.15) is 0 Å². The summed E-state index contributed by atoms with van der Waals surface area (Å²) in [5.74, 6) is 0. The number of anilines is 2. The van der Waals surface area contributed by atoms with Gasteiger partial charge in [0.25, 0.3) is 0 Å². The van der Waals surface area contributed by atoms with Crippen LogP contribution in [-0.2, 0) is 0 Å². The van der Waals surface area contributed by atoms with E-state index >= 15 is 0 Å². The molecule has 2 aromatic carbocycles. The fourth-order valence-electron chi connectivity index (χ4n) is 2.23. The lowest BCUT2D eigenvalue weighted by Gasteiger charge is -2.00. The number of hydrogen-bond acceptors (Lipinski definition) is 1. The first-order valence-corrected chi connectivity index (χ1v) is 7.06. The molecule has 0 unspecified atom stereocenters. The molecule has 0 aliphatic carbocycles. The quantitative estimate of drug-likeness (QED) is 0.556. The third kappa shape index (κ3) is 3.61. The molecule has 2 aromatic rings. The van der Waals surface area contributed by atoms with Gasteiger partial charge in [-0.15, -0.1) is 0 Å². The molecular formula is C20H17N. The predicted octanol–water partition coefficient (Wildman–Crippen LogP) is 5.66. The summed E-state index contributed by atoms with van der Waals surface area (Å²) >= 11 is 0. The molecule has 1 aliphatic rings. The number of nitrogens with one attached hydrogen (secondary N) is 1. The van der Waals surface area contributed by atoms with Gasteiger partial charge >= 0.3 is 0 Å². The highest BCUT2D eigenvalue weighted by Gasteiger charge is 2.01. The zero-order valence-electron chi connectivity index (χ0n) is 11.7. The highest BCUT2D eigenvalue weighted by atomic mass is 14.9. The largest absolute Gasteiger partial charge is 0.355 e. The SMILES string of the molecule is c1cccc2cc(ccc1)-c1cccccccc(c1)N2. The highest BCUT2D eigenvalue weighted by Crippen LogP contribution is 2.27. The van der Waals surface area contributed by atoms with E-state index < -0.39 is 0 Å². The first-order chi connectivity index (χ1) is 10.4. The Labute approximate surface area is 125 Å². The molecular weight excluding hydrogens is 254 g/mol. The standard InChI is InChI=1S/C20H17N/c1-3-7-11-17-15-19(13-9-5-1)21-20-14-10-6-2-4-8-12-18(17)16-20/h1-16,21H. The normalized spacial score (nSPS) is 10.3. The van der Waals surface area contributed by atoms with Crippen molar-refractivity contribution < 1.29 is 0 Å². The number of hydrogen-bond donors (Lipinski definition) is 1. The van der Waals surface area contributed by atoms with Crippen LogP contribution in [0.3, 0.4) is 0 Å². The van der Waals surface area contributed by atoms with Crippen LogP contribution < -0.4 is 5.32 Å². The lowest BCUT2D eigenvalue weighted by molar-refractivity contribution is 1.61. The summed E-state index contributed by atoms with van der Waals surface area (Å²) in [5, 5.41) is 3.46. The van der Waals surface area contributed by atoms with Gasteiger partial charge < -0.3 is 5.32 Å². The van der Waals surface area contributed by atoms with Crippen LogP contribution >= 0.6 is 0 Å². The van der Waals surface area contributed by atoms with Crippen LogP contribution in [0.4, 0.5) is 11.4 Å². The molecule has 102 valence electrons. The van der Waals surface area contributed by atoms with Crippen molar-refractivity contribution in [1.29, 1.82) is 0 Å². The van der Waals surface area contributed by atoms with Crippen LogP contribution in [0.1, 0.15) is 0 Å². The fourth-order valence-corrected chi connectivity index (χ4v) is 2.23. The monoisotopic (exact) mass is 271 g/mol. The Bertz CT molecular complexity index is 683. The van der Waals surface area contributed by atoms with Crippen LogP contribution in [0.15, 0.2) is 97.1 Å². The maximum atomic E-state index is 3.46. The Kier molecular flexibility index (Phi) is 4.13. The Morgan fingerprint density at radius 1 is 0.429 bits per heavy atom. The van der Waals surface area contributed by atoms with E-state index in [4.69, 9.17) is 0 Å². The number of fused-ring (bicyclic) bond motifs is 5. The molecule has 1 heteroatoms. The Hall–Kier alpha value is -2.80. The molecule has 0 spiro atoms. The highest BCUT2D eigenvalue weighted by molar-refractivity contribution is 5.75. The molecule has 3 rings (SSSR count).